The van der Waals surface area contributed by atoms with Crippen LogP contribution < -0.4 is 15.2 Å². The average Bonchev–Trinajstić information content (AvgIpc) is 2.54. The number of nitrogens with zero attached hydrogens (tertiary/aromatic N) is 1. The van der Waals surface area contributed by atoms with Crippen molar-refractivity contribution in [3.63, 3.8) is 0 Å². The number of benzene rings is 2. The Morgan fingerprint density at radius 1 is 1.04 bits per heavy atom. The lowest BCUT2D eigenvalue weighted by Gasteiger charge is -2.16. The molecule has 3 rings (SSSR count). The molecule has 2 aromatic rings. The number of rotatable bonds is 4. The van der Waals surface area contributed by atoms with E-state index < -0.39 is 20.2 Å². The van der Waals surface area contributed by atoms with Gasteiger partial charge in [-0.05, 0) is 29.8 Å². The van der Waals surface area contributed by atoms with E-state index in [-0.39, 0.29) is 10.7 Å². The standard InChI is InChI=1S/C16H16N4O4S2/c17-25(21,22)15-8-6-13(7-9-15)18-16-11-14(19-26(23,24)20-16)10-12-4-2-1-3-5-12/h1-9,11,19H,10H2,(H,18,20)(H2,17,21,22). The van der Waals surface area contributed by atoms with Crippen LogP contribution in [0.2, 0.25) is 0 Å². The van der Waals surface area contributed by atoms with Crippen LogP contribution in [0.15, 0.2) is 75.7 Å². The lowest BCUT2D eigenvalue weighted by atomic mass is 10.1. The molecule has 1 aliphatic heterocycles. The van der Waals surface area contributed by atoms with Crippen LogP contribution in [0.3, 0.4) is 0 Å². The van der Waals surface area contributed by atoms with Gasteiger partial charge in [0, 0.05) is 23.9 Å². The minimum absolute atomic E-state index is 0.0387. The molecule has 1 heterocycles. The number of anilines is 1. The first-order chi connectivity index (χ1) is 12.2. The van der Waals surface area contributed by atoms with E-state index in [0.717, 1.165) is 5.56 Å². The summed E-state index contributed by atoms with van der Waals surface area (Å²) in [4.78, 5) is -0.0387. The monoisotopic (exact) mass is 392 g/mol. The smallest absolute Gasteiger partial charge is 0.339 e. The summed E-state index contributed by atoms with van der Waals surface area (Å²) in [6, 6.07) is 15.0. The molecule has 0 atom stereocenters. The second-order valence-corrected chi connectivity index (χ2v) is 8.48. The topological polar surface area (TPSA) is 131 Å². The van der Waals surface area contributed by atoms with Crippen LogP contribution in [0.5, 0.6) is 0 Å². The highest BCUT2D eigenvalue weighted by atomic mass is 32.2. The van der Waals surface area contributed by atoms with Gasteiger partial charge in [0.2, 0.25) is 10.0 Å². The molecule has 0 bridgehead atoms. The van der Waals surface area contributed by atoms with Gasteiger partial charge in [-0.3, -0.25) is 4.72 Å². The predicted molar refractivity (Wildman–Crippen MR) is 99.2 cm³/mol. The summed E-state index contributed by atoms with van der Waals surface area (Å²) in [6.07, 6.45) is 1.98. The Labute approximate surface area is 151 Å². The zero-order valence-electron chi connectivity index (χ0n) is 13.5. The van der Waals surface area contributed by atoms with Crippen molar-refractivity contribution in [2.24, 2.45) is 9.54 Å². The molecule has 4 N–H and O–H groups in total. The van der Waals surface area contributed by atoms with Crippen molar-refractivity contribution < 1.29 is 16.8 Å². The van der Waals surface area contributed by atoms with E-state index in [2.05, 4.69) is 14.4 Å². The fraction of sp³-hybridized carbons (Fsp3) is 0.0625. The third-order valence-electron chi connectivity index (χ3n) is 3.48. The van der Waals surface area contributed by atoms with Crippen LogP contribution in [0.25, 0.3) is 0 Å². The zero-order valence-corrected chi connectivity index (χ0v) is 15.1. The molecule has 0 aromatic heterocycles. The van der Waals surface area contributed by atoms with E-state index in [1.807, 2.05) is 30.3 Å². The summed E-state index contributed by atoms with van der Waals surface area (Å²) in [7, 11) is -7.65. The highest BCUT2D eigenvalue weighted by Gasteiger charge is 2.18. The van der Waals surface area contributed by atoms with Crippen molar-refractivity contribution in [2.45, 2.75) is 11.3 Å². The van der Waals surface area contributed by atoms with Gasteiger partial charge in [0.05, 0.1) is 4.90 Å². The Balaban J connectivity index is 1.82. The number of allylic oxidation sites excluding steroid dienone is 1. The Kier molecular flexibility index (Phi) is 4.81. The van der Waals surface area contributed by atoms with Crippen molar-refractivity contribution in [3.8, 4) is 0 Å². The maximum absolute atomic E-state index is 12.0. The Bertz CT molecular complexity index is 1070. The maximum atomic E-state index is 12.0. The fourth-order valence-corrected chi connectivity index (χ4v) is 3.76. The summed E-state index contributed by atoms with van der Waals surface area (Å²) >= 11 is 0. The van der Waals surface area contributed by atoms with Gasteiger partial charge in [-0.15, -0.1) is 4.40 Å². The molecule has 10 heteroatoms. The zero-order chi connectivity index (χ0) is 18.8. The Morgan fingerprint density at radius 2 is 1.69 bits per heavy atom. The minimum Gasteiger partial charge on any atom is -0.339 e. The molecule has 0 radical (unpaired) electrons. The van der Waals surface area contributed by atoms with Gasteiger partial charge in [0.1, 0.15) is 5.84 Å². The molecule has 0 amide bonds. The first-order valence-corrected chi connectivity index (χ1v) is 10.5. The molecule has 0 unspecified atom stereocenters. The second kappa shape index (κ2) is 6.90. The first kappa shape index (κ1) is 18.1. The summed E-state index contributed by atoms with van der Waals surface area (Å²) < 4.78 is 52.5. The van der Waals surface area contributed by atoms with E-state index in [1.165, 1.54) is 24.3 Å². The van der Waals surface area contributed by atoms with Crippen LogP contribution in [0.4, 0.5) is 5.69 Å². The molecule has 0 saturated heterocycles. The molecule has 136 valence electrons. The van der Waals surface area contributed by atoms with Gasteiger partial charge in [-0.2, -0.15) is 8.42 Å². The van der Waals surface area contributed by atoms with E-state index in [9.17, 15) is 16.8 Å². The lowest BCUT2D eigenvalue weighted by Crippen LogP contribution is -2.30. The van der Waals surface area contributed by atoms with Gasteiger partial charge in [0.25, 0.3) is 0 Å². The van der Waals surface area contributed by atoms with Gasteiger partial charge < -0.3 is 5.32 Å². The average molecular weight is 392 g/mol. The van der Waals surface area contributed by atoms with Crippen LogP contribution in [-0.2, 0) is 26.7 Å². The Hall–Kier alpha value is -2.69. The predicted octanol–water partition coefficient (Wildman–Crippen LogP) is 1.12. The highest BCUT2D eigenvalue weighted by molar-refractivity contribution is 7.89. The molecular weight excluding hydrogens is 376 g/mol. The van der Waals surface area contributed by atoms with Crippen LogP contribution in [-0.4, -0.2) is 22.7 Å². The van der Waals surface area contributed by atoms with Gasteiger partial charge >= 0.3 is 10.2 Å². The van der Waals surface area contributed by atoms with Crippen molar-refractivity contribution in [2.75, 3.05) is 5.32 Å². The number of primary sulfonamides is 1. The lowest BCUT2D eigenvalue weighted by molar-refractivity contribution is 0.588. The van der Waals surface area contributed by atoms with Crippen molar-refractivity contribution in [3.05, 3.63) is 71.9 Å². The van der Waals surface area contributed by atoms with Crippen molar-refractivity contribution in [1.29, 1.82) is 0 Å². The summed E-state index contributed by atoms with van der Waals surface area (Å²) in [5.74, 6) is 0.123. The number of nitrogens with one attached hydrogen (secondary N) is 2. The molecule has 0 spiro atoms. The minimum atomic E-state index is -3.86. The van der Waals surface area contributed by atoms with Crippen LogP contribution >= 0.6 is 0 Å². The van der Waals surface area contributed by atoms with Crippen molar-refractivity contribution >= 4 is 31.8 Å². The van der Waals surface area contributed by atoms with Crippen molar-refractivity contribution in [1.82, 2.24) is 4.72 Å². The number of hydrogen-bond acceptors (Lipinski definition) is 5. The summed E-state index contributed by atoms with van der Waals surface area (Å²) in [5.41, 5.74) is 1.89. The molecular formula is C16H16N4O4S2. The van der Waals surface area contributed by atoms with Gasteiger partial charge in [-0.1, -0.05) is 30.3 Å². The molecule has 0 saturated carbocycles. The quantitative estimate of drug-likeness (QED) is 0.718. The number of sulfonamides is 1. The fourth-order valence-electron chi connectivity index (χ4n) is 2.38. The Morgan fingerprint density at radius 3 is 2.31 bits per heavy atom. The van der Waals surface area contributed by atoms with E-state index in [4.69, 9.17) is 5.14 Å². The van der Waals surface area contributed by atoms with E-state index >= 15 is 0 Å². The normalized spacial score (nSPS) is 16.2. The molecule has 26 heavy (non-hydrogen) atoms. The largest absolute Gasteiger partial charge is 0.343 e. The molecule has 0 fully saturated rings. The number of nitrogens with two attached hydrogens (primary N) is 1. The second-order valence-electron chi connectivity index (χ2n) is 5.58. The number of amidine groups is 1. The third-order valence-corrected chi connectivity index (χ3v) is 5.37. The highest BCUT2D eigenvalue weighted by Crippen LogP contribution is 2.16. The van der Waals surface area contributed by atoms with Crippen LogP contribution in [0, 0.1) is 0 Å². The third kappa shape index (κ3) is 4.69. The molecule has 2 aromatic carbocycles. The number of hydrogen-bond donors (Lipinski definition) is 3. The van der Waals surface area contributed by atoms with E-state index in [0.29, 0.717) is 17.8 Å². The van der Waals surface area contributed by atoms with Gasteiger partial charge in [0.15, 0.2) is 0 Å². The molecule has 1 aliphatic rings. The maximum Gasteiger partial charge on any atom is 0.343 e. The molecule has 0 aliphatic carbocycles. The van der Waals surface area contributed by atoms with Gasteiger partial charge in [-0.25, -0.2) is 13.6 Å². The van der Waals surface area contributed by atoms with Crippen LogP contribution in [0.1, 0.15) is 5.56 Å². The molecule has 8 nitrogen and oxygen atoms in total. The SMILES string of the molecule is NS(=O)(=O)c1ccc(NC2=NS(=O)(=O)NC(Cc3ccccc3)=C2)cc1. The first-order valence-electron chi connectivity index (χ1n) is 7.48. The summed E-state index contributed by atoms with van der Waals surface area (Å²) in [5, 5.41) is 7.90. The van der Waals surface area contributed by atoms with E-state index in [1.54, 1.807) is 6.08 Å². The summed E-state index contributed by atoms with van der Waals surface area (Å²) in [6.45, 7) is 0.